The van der Waals surface area contributed by atoms with E-state index in [0.717, 1.165) is 46.2 Å². The molecule has 0 saturated carbocycles. The number of hydrogen-bond donors (Lipinski definition) is 2. The van der Waals surface area contributed by atoms with Crippen molar-refractivity contribution in [3.8, 4) is 11.4 Å². The van der Waals surface area contributed by atoms with Crippen molar-refractivity contribution in [3.63, 3.8) is 0 Å². The van der Waals surface area contributed by atoms with Crippen molar-refractivity contribution >= 4 is 28.9 Å². The van der Waals surface area contributed by atoms with Gasteiger partial charge in [-0.05, 0) is 85.7 Å². The average Bonchev–Trinajstić information content (AvgIpc) is 3.51. The van der Waals surface area contributed by atoms with E-state index in [9.17, 15) is 4.79 Å². The predicted molar refractivity (Wildman–Crippen MR) is 158 cm³/mol. The van der Waals surface area contributed by atoms with Crippen LogP contribution in [0.2, 0.25) is 0 Å². The molecule has 0 radical (unpaired) electrons. The molecule has 2 atom stereocenters. The van der Waals surface area contributed by atoms with Crippen LogP contribution in [0.15, 0.2) is 85.1 Å². The zero-order chi connectivity index (χ0) is 27.4. The number of carbonyl (C=O) groups is 1. The summed E-state index contributed by atoms with van der Waals surface area (Å²) in [5, 5.41) is 7.20. The predicted octanol–water partition coefficient (Wildman–Crippen LogP) is 5.75. The van der Waals surface area contributed by atoms with Gasteiger partial charge in [0.15, 0.2) is 5.11 Å². The van der Waals surface area contributed by atoms with Gasteiger partial charge >= 0.3 is 0 Å². The molecule has 39 heavy (non-hydrogen) atoms. The van der Waals surface area contributed by atoms with Crippen molar-refractivity contribution in [2.45, 2.75) is 38.8 Å². The summed E-state index contributed by atoms with van der Waals surface area (Å²) in [6, 6.07) is 25.8. The number of carbonyl (C=O) groups excluding carboxylic acids is 1. The Morgan fingerprint density at radius 2 is 1.82 bits per heavy atom. The van der Waals surface area contributed by atoms with E-state index in [0.29, 0.717) is 18.1 Å². The molecule has 3 heterocycles. The zero-order valence-corrected chi connectivity index (χ0v) is 23.2. The summed E-state index contributed by atoms with van der Waals surface area (Å²) in [4.78, 5) is 19.8. The second kappa shape index (κ2) is 11.7. The molecule has 1 saturated heterocycles. The largest absolute Gasteiger partial charge is 0.497 e. The number of nitrogens with zero attached hydrogens (tertiary/aromatic N) is 3. The summed E-state index contributed by atoms with van der Waals surface area (Å²) in [5.41, 5.74) is 6.07. The molecule has 1 amide bonds. The lowest BCUT2D eigenvalue weighted by atomic mass is 10.0. The molecule has 8 heteroatoms. The van der Waals surface area contributed by atoms with Gasteiger partial charge in [0.2, 0.25) is 5.91 Å². The molecule has 1 fully saturated rings. The van der Waals surface area contributed by atoms with Gasteiger partial charge in [-0.3, -0.25) is 9.78 Å². The van der Waals surface area contributed by atoms with Crippen LogP contribution in [0.3, 0.4) is 0 Å². The highest BCUT2D eigenvalue weighted by atomic mass is 32.1. The quantitative estimate of drug-likeness (QED) is 0.264. The van der Waals surface area contributed by atoms with Crippen LogP contribution in [0.4, 0.5) is 5.69 Å². The van der Waals surface area contributed by atoms with Gasteiger partial charge in [0.1, 0.15) is 5.75 Å². The summed E-state index contributed by atoms with van der Waals surface area (Å²) in [6.07, 6.45) is 2.95. The molecule has 2 N–H and O–H groups in total. The molecule has 2 aromatic heterocycles. The number of ether oxygens (including phenoxy) is 1. The lowest BCUT2D eigenvalue weighted by Gasteiger charge is -2.29. The maximum Gasteiger partial charge on any atom is 0.226 e. The first kappa shape index (κ1) is 26.4. The molecule has 4 aromatic rings. The summed E-state index contributed by atoms with van der Waals surface area (Å²) in [6.45, 7) is 4.64. The van der Waals surface area contributed by atoms with Crippen LogP contribution in [0.5, 0.6) is 5.75 Å². The van der Waals surface area contributed by atoms with Gasteiger partial charge in [0, 0.05) is 41.9 Å². The number of benzene rings is 2. The van der Waals surface area contributed by atoms with Crippen molar-refractivity contribution in [1.29, 1.82) is 0 Å². The molecule has 0 bridgehead atoms. The highest BCUT2D eigenvalue weighted by Gasteiger charge is 2.41. The average molecular weight is 540 g/mol. The van der Waals surface area contributed by atoms with Crippen molar-refractivity contribution < 1.29 is 9.53 Å². The van der Waals surface area contributed by atoms with Crippen molar-refractivity contribution in [1.82, 2.24) is 19.8 Å². The minimum absolute atomic E-state index is 0.0412. The fraction of sp³-hybridized carbons (Fsp3) is 0.258. The Hall–Kier alpha value is -4.17. The van der Waals surface area contributed by atoms with Gasteiger partial charge in [-0.15, -0.1) is 0 Å². The number of methoxy groups -OCH3 is 1. The van der Waals surface area contributed by atoms with Crippen molar-refractivity contribution in [2.24, 2.45) is 0 Å². The van der Waals surface area contributed by atoms with Gasteiger partial charge < -0.3 is 24.8 Å². The smallest absolute Gasteiger partial charge is 0.226 e. The molecule has 0 aliphatic carbocycles. The number of amides is 1. The highest BCUT2D eigenvalue weighted by molar-refractivity contribution is 7.80. The molecule has 2 aromatic carbocycles. The van der Waals surface area contributed by atoms with E-state index in [2.05, 4.69) is 63.2 Å². The standard InChI is InChI=1S/C31H33N5O2S/c1-4-22-9-5-6-10-25(22)33-28(37)18-20-35-30(29(34-31(35)39)26-11-7-8-19-32-26)27-17-12-21(2)36(27)23-13-15-24(38-3)16-14-23/h5-17,19,29-30H,4,18,20H2,1-3H3,(H,33,37)(H,34,39)/t29-,30-/m1/s1. The third-order valence-corrected chi connectivity index (χ3v) is 7.54. The van der Waals surface area contributed by atoms with Gasteiger partial charge in [-0.1, -0.05) is 31.2 Å². The molecule has 1 aliphatic rings. The number of anilines is 1. The fourth-order valence-electron chi connectivity index (χ4n) is 5.23. The first-order valence-electron chi connectivity index (χ1n) is 13.2. The number of pyridine rings is 1. The Kier molecular flexibility index (Phi) is 7.93. The molecule has 5 rings (SSSR count). The monoisotopic (exact) mass is 539 g/mol. The van der Waals surface area contributed by atoms with Crippen LogP contribution in [0, 0.1) is 6.92 Å². The maximum absolute atomic E-state index is 13.1. The Balaban J connectivity index is 1.46. The number of aryl methyl sites for hydroxylation is 2. The lowest BCUT2D eigenvalue weighted by molar-refractivity contribution is -0.116. The summed E-state index contributed by atoms with van der Waals surface area (Å²) < 4.78 is 7.61. The van der Waals surface area contributed by atoms with E-state index in [-0.39, 0.29) is 18.0 Å². The van der Waals surface area contributed by atoms with Crippen LogP contribution in [0.1, 0.15) is 48.1 Å². The number of nitrogens with one attached hydrogen (secondary N) is 2. The first-order valence-corrected chi connectivity index (χ1v) is 13.6. The van der Waals surface area contributed by atoms with Gasteiger partial charge in [-0.2, -0.15) is 0 Å². The number of aromatic nitrogens is 2. The molecule has 7 nitrogen and oxygen atoms in total. The van der Waals surface area contributed by atoms with Gasteiger partial charge in [-0.25, -0.2) is 0 Å². The molecule has 0 spiro atoms. The van der Waals surface area contributed by atoms with Crippen LogP contribution in [-0.2, 0) is 11.2 Å². The van der Waals surface area contributed by atoms with E-state index in [4.69, 9.17) is 17.0 Å². The zero-order valence-electron chi connectivity index (χ0n) is 22.4. The number of para-hydroxylation sites is 1. The van der Waals surface area contributed by atoms with Crippen molar-refractivity contribution in [2.75, 3.05) is 19.0 Å². The molecular weight excluding hydrogens is 506 g/mol. The molecule has 0 unspecified atom stereocenters. The minimum atomic E-state index is -0.172. The summed E-state index contributed by atoms with van der Waals surface area (Å²) in [5.74, 6) is 0.762. The summed E-state index contributed by atoms with van der Waals surface area (Å²) >= 11 is 5.84. The Morgan fingerprint density at radius 3 is 2.54 bits per heavy atom. The van der Waals surface area contributed by atoms with Crippen molar-refractivity contribution in [3.05, 3.63) is 108 Å². The Morgan fingerprint density at radius 1 is 1.05 bits per heavy atom. The van der Waals surface area contributed by atoms with E-state index < -0.39 is 0 Å². The second-order valence-corrected chi connectivity index (χ2v) is 9.95. The fourth-order valence-corrected chi connectivity index (χ4v) is 5.56. The molecular formula is C31H33N5O2S. The van der Waals surface area contributed by atoms with E-state index in [1.165, 1.54) is 0 Å². The van der Waals surface area contributed by atoms with Crippen LogP contribution in [0.25, 0.3) is 5.69 Å². The third-order valence-electron chi connectivity index (χ3n) is 7.19. The number of thiocarbonyl (C=S) groups is 1. The first-order chi connectivity index (χ1) is 19.0. The molecule has 1 aliphatic heterocycles. The third kappa shape index (κ3) is 5.52. The van der Waals surface area contributed by atoms with Crippen LogP contribution < -0.4 is 15.4 Å². The number of rotatable bonds is 9. The van der Waals surface area contributed by atoms with Gasteiger partial charge in [0.25, 0.3) is 0 Å². The van der Waals surface area contributed by atoms with Gasteiger partial charge in [0.05, 0.1) is 24.9 Å². The lowest BCUT2D eigenvalue weighted by Crippen LogP contribution is -2.33. The topological polar surface area (TPSA) is 71.4 Å². The Labute approximate surface area is 234 Å². The van der Waals surface area contributed by atoms with E-state index in [1.54, 1.807) is 13.3 Å². The number of hydrogen-bond acceptors (Lipinski definition) is 4. The summed E-state index contributed by atoms with van der Waals surface area (Å²) in [7, 11) is 1.67. The second-order valence-electron chi connectivity index (χ2n) is 9.56. The highest BCUT2D eigenvalue weighted by Crippen LogP contribution is 2.40. The normalized spacial score (nSPS) is 16.7. The molecule has 200 valence electrons. The SMILES string of the molecule is CCc1ccccc1NC(=O)CCN1C(=S)N[C@H](c2ccccn2)[C@H]1c1ccc(C)n1-c1ccc(OC)cc1. The van der Waals surface area contributed by atoms with Crippen LogP contribution >= 0.6 is 12.2 Å². The Bertz CT molecular complexity index is 1450. The minimum Gasteiger partial charge on any atom is -0.497 e. The van der Waals surface area contributed by atoms with Crippen LogP contribution in [-0.4, -0.2) is 39.1 Å². The van der Waals surface area contributed by atoms with E-state index >= 15 is 0 Å². The van der Waals surface area contributed by atoms with E-state index in [1.807, 2.05) is 54.6 Å². The maximum atomic E-state index is 13.1.